The summed E-state index contributed by atoms with van der Waals surface area (Å²) in [6, 6.07) is 10.1. The van der Waals surface area contributed by atoms with Gasteiger partial charge in [-0.1, -0.05) is 12.1 Å². The number of nitrogens with zero attached hydrogens (tertiary/aromatic N) is 1. The Bertz CT molecular complexity index is 794. The number of hydrogen-bond acceptors (Lipinski definition) is 3. The fourth-order valence-electron chi connectivity index (χ4n) is 2.07. The largest absolute Gasteiger partial charge is 0.489 e. The molecule has 3 N–H and O–H groups in total. The molecule has 0 saturated heterocycles. The molecule has 0 aliphatic carbocycles. The van der Waals surface area contributed by atoms with E-state index in [0.29, 0.717) is 17.1 Å². The molecule has 0 aliphatic heterocycles. The highest BCUT2D eigenvalue weighted by atomic mass is 19.4. The van der Waals surface area contributed by atoms with Crippen LogP contribution in [0.1, 0.15) is 11.1 Å². The van der Waals surface area contributed by atoms with E-state index in [2.05, 4.69) is 10.2 Å². The maximum Gasteiger partial charge on any atom is 0.416 e. The summed E-state index contributed by atoms with van der Waals surface area (Å²) in [5, 5.41) is 7.44. The summed E-state index contributed by atoms with van der Waals surface area (Å²) < 4.78 is 43.0. The second-order valence-corrected chi connectivity index (χ2v) is 4.80. The molecule has 2 aromatic carbocycles. The number of halogens is 3. The first-order chi connectivity index (χ1) is 10.4. The van der Waals surface area contributed by atoms with Crippen LogP contribution in [0.3, 0.4) is 0 Å². The maximum atomic E-state index is 12.5. The van der Waals surface area contributed by atoms with Crippen molar-refractivity contribution in [2.75, 3.05) is 5.73 Å². The molecule has 114 valence electrons. The normalized spacial score (nSPS) is 11.8. The summed E-state index contributed by atoms with van der Waals surface area (Å²) in [7, 11) is 0. The minimum Gasteiger partial charge on any atom is -0.489 e. The number of rotatable bonds is 3. The SMILES string of the molecule is Nc1n[nH]c2cc(OCc3ccc(C(F)(F)F)cc3)ccc12. The quantitative estimate of drug-likeness (QED) is 0.774. The number of ether oxygens (including phenoxy) is 1. The minimum absolute atomic E-state index is 0.174. The van der Waals surface area contributed by atoms with Gasteiger partial charge in [0.1, 0.15) is 12.4 Å². The maximum absolute atomic E-state index is 12.5. The van der Waals surface area contributed by atoms with Crippen molar-refractivity contribution in [3.8, 4) is 5.75 Å². The molecule has 0 amide bonds. The van der Waals surface area contributed by atoms with Crippen molar-refractivity contribution in [3.05, 3.63) is 53.6 Å². The Kier molecular flexibility index (Phi) is 3.40. The molecule has 0 saturated carbocycles. The van der Waals surface area contributed by atoms with Gasteiger partial charge in [-0.2, -0.15) is 18.3 Å². The van der Waals surface area contributed by atoms with Gasteiger partial charge in [-0.25, -0.2) is 0 Å². The second kappa shape index (κ2) is 5.25. The number of alkyl halides is 3. The highest BCUT2D eigenvalue weighted by molar-refractivity contribution is 5.89. The summed E-state index contributed by atoms with van der Waals surface area (Å²) >= 11 is 0. The number of aromatic nitrogens is 2. The number of anilines is 1. The van der Waals surface area contributed by atoms with Crippen molar-refractivity contribution in [1.82, 2.24) is 10.2 Å². The standard InChI is InChI=1S/C15H12F3N3O/c16-15(17,18)10-3-1-9(2-4-10)8-22-11-5-6-12-13(7-11)20-21-14(12)19/h1-7H,8H2,(H3,19,20,21). The Labute approximate surface area is 123 Å². The van der Waals surface area contributed by atoms with Crippen molar-refractivity contribution < 1.29 is 17.9 Å². The molecule has 0 bridgehead atoms. The molecule has 7 heteroatoms. The van der Waals surface area contributed by atoms with Crippen molar-refractivity contribution >= 4 is 16.7 Å². The number of nitrogen functional groups attached to an aromatic ring is 1. The lowest BCUT2D eigenvalue weighted by Gasteiger charge is -2.09. The molecule has 3 aromatic rings. The molecule has 0 spiro atoms. The van der Waals surface area contributed by atoms with Gasteiger partial charge < -0.3 is 10.5 Å². The molecule has 4 nitrogen and oxygen atoms in total. The third-order valence-corrected chi connectivity index (χ3v) is 3.25. The Morgan fingerprint density at radius 3 is 2.50 bits per heavy atom. The van der Waals surface area contributed by atoms with Crippen LogP contribution in [0.2, 0.25) is 0 Å². The van der Waals surface area contributed by atoms with Crippen LogP contribution in [0.4, 0.5) is 19.0 Å². The Morgan fingerprint density at radius 1 is 1.09 bits per heavy atom. The number of aromatic amines is 1. The smallest absolute Gasteiger partial charge is 0.416 e. The van der Waals surface area contributed by atoms with Crippen LogP contribution in [0.15, 0.2) is 42.5 Å². The van der Waals surface area contributed by atoms with Crippen LogP contribution in [0.25, 0.3) is 10.9 Å². The van der Waals surface area contributed by atoms with E-state index < -0.39 is 11.7 Å². The summed E-state index contributed by atoms with van der Waals surface area (Å²) in [5.41, 5.74) is 6.38. The van der Waals surface area contributed by atoms with Gasteiger partial charge in [0.15, 0.2) is 5.82 Å². The van der Waals surface area contributed by atoms with E-state index in [4.69, 9.17) is 10.5 Å². The molecule has 22 heavy (non-hydrogen) atoms. The van der Waals surface area contributed by atoms with Crippen molar-refractivity contribution in [3.63, 3.8) is 0 Å². The van der Waals surface area contributed by atoms with Crippen LogP contribution in [-0.4, -0.2) is 10.2 Å². The second-order valence-electron chi connectivity index (χ2n) is 4.80. The van der Waals surface area contributed by atoms with Gasteiger partial charge >= 0.3 is 6.18 Å². The van der Waals surface area contributed by atoms with Gasteiger partial charge in [0, 0.05) is 11.5 Å². The Hall–Kier alpha value is -2.70. The third-order valence-electron chi connectivity index (χ3n) is 3.25. The van der Waals surface area contributed by atoms with Crippen molar-refractivity contribution in [1.29, 1.82) is 0 Å². The Morgan fingerprint density at radius 2 is 1.82 bits per heavy atom. The van der Waals surface area contributed by atoms with E-state index >= 15 is 0 Å². The summed E-state index contributed by atoms with van der Waals surface area (Å²) in [6.45, 7) is 0.174. The van der Waals surface area contributed by atoms with E-state index in [0.717, 1.165) is 23.0 Å². The average molecular weight is 307 g/mol. The molecule has 0 atom stereocenters. The third kappa shape index (κ3) is 2.83. The van der Waals surface area contributed by atoms with E-state index in [-0.39, 0.29) is 6.61 Å². The zero-order valence-electron chi connectivity index (χ0n) is 11.3. The van der Waals surface area contributed by atoms with Gasteiger partial charge in [-0.3, -0.25) is 5.10 Å². The number of hydrogen-bond donors (Lipinski definition) is 2. The van der Waals surface area contributed by atoms with Crippen molar-refractivity contribution in [2.45, 2.75) is 12.8 Å². The van der Waals surface area contributed by atoms with E-state index in [1.807, 2.05) is 0 Å². The molecule has 0 aliphatic rings. The van der Waals surface area contributed by atoms with Crippen LogP contribution < -0.4 is 10.5 Å². The molecular weight excluding hydrogens is 295 g/mol. The van der Waals surface area contributed by atoms with Gasteiger partial charge in [-0.05, 0) is 29.8 Å². The Balaban J connectivity index is 1.70. The first-order valence-electron chi connectivity index (χ1n) is 6.46. The van der Waals surface area contributed by atoms with Crippen LogP contribution in [-0.2, 0) is 12.8 Å². The van der Waals surface area contributed by atoms with Gasteiger partial charge in [0.05, 0.1) is 11.1 Å². The van der Waals surface area contributed by atoms with Crippen LogP contribution in [0, 0.1) is 0 Å². The lowest BCUT2D eigenvalue weighted by atomic mass is 10.1. The predicted molar refractivity (Wildman–Crippen MR) is 76.3 cm³/mol. The molecule has 0 unspecified atom stereocenters. The highest BCUT2D eigenvalue weighted by Gasteiger charge is 2.29. The van der Waals surface area contributed by atoms with E-state index in [1.54, 1.807) is 18.2 Å². The lowest BCUT2D eigenvalue weighted by Crippen LogP contribution is -2.05. The van der Waals surface area contributed by atoms with Crippen molar-refractivity contribution in [2.24, 2.45) is 0 Å². The van der Waals surface area contributed by atoms with Gasteiger partial charge in [0.2, 0.25) is 0 Å². The number of benzene rings is 2. The summed E-state index contributed by atoms with van der Waals surface area (Å²) in [5.74, 6) is 0.986. The number of H-pyrrole nitrogens is 1. The first-order valence-corrected chi connectivity index (χ1v) is 6.46. The number of nitrogens with one attached hydrogen (secondary N) is 1. The average Bonchev–Trinajstić information content (AvgIpc) is 2.86. The van der Waals surface area contributed by atoms with Gasteiger partial charge in [-0.15, -0.1) is 0 Å². The first kappa shape index (κ1) is 14.2. The molecule has 0 radical (unpaired) electrons. The summed E-state index contributed by atoms with van der Waals surface area (Å²) in [6.07, 6.45) is -4.33. The summed E-state index contributed by atoms with van der Waals surface area (Å²) in [4.78, 5) is 0. The molecule has 0 fully saturated rings. The van der Waals surface area contributed by atoms with Gasteiger partial charge in [0.25, 0.3) is 0 Å². The molecule has 1 heterocycles. The van der Waals surface area contributed by atoms with Crippen LogP contribution in [0.5, 0.6) is 5.75 Å². The fourth-order valence-corrected chi connectivity index (χ4v) is 2.07. The predicted octanol–water partition coefficient (Wildman–Crippen LogP) is 3.74. The number of nitrogens with two attached hydrogens (primary N) is 1. The minimum atomic E-state index is -4.33. The molecule has 3 rings (SSSR count). The fraction of sp³-hybridized carbons (Fsp3) is 0.133. The zero-order valence-corrected chi connectivity index (χ0v) is 11.3. The highest BCUT2D eigenvalue weighted by Crippen LogP contribution is 2.29. The topological polar surface area (TPSA) is 63.9 Å². The zero-order chi connectivity index (χ0) is 15.7. The lowest BCUT2D eigenvalue weighted by molar-refractivity contribution is -0.137. The van der Waals surface area contributed by atoms with E-state index in [9.17, 15) is 13.2 Å². The molecular formula is C15H12F3N3O. The van der Waals surface area contributed by atoms with Crippen LogP contribution >= 0.6 is 0 Å². The monoisotopic (exact) mass is 307 g/mol. The number of fused-ring (bicyclic) bond motifs is 1. The van der Waals surface area contributed by atoms with E-state index in [1.165, 1.54) is 12.1 Å². The molecule has 1 aromatic heterocycles.